The maximum atomic E-state index is 5.84. The second kappa shape index (κ2) is 2.92. The first-order valence-corrected chi connectivity index (χ1v) is 4.19. The summed E-state index contributed by atoms with van der Waals surface area (Å²) in [5.74, 6) is 0.623. The summed E-state index contributed by atoms with van der Waals surface area (Å²) in [6.07, 6.45) is 2.40. The van der Waals surface area contributed by atoms with Crippen LogP contribution < -0.4 is 10.5 Å². The van der Waals surface area contributed by atoms with Gasteiger partial charge in [0.05, 0.1) is 11.6 Å². The fourth-order valence-corrected chi connectivity index (χ4v) is 1.43. The molecular formula is C8H9ClN2O. The van der Waals surface area contributed by atoms with Crippen LogP contribution in [-0.2, 0) is 0 Å². The molecule has 0 bridgehead atoms. The van der Waals surface area contributed by atoms with Gasteiger partial charge in [-0.1, -0.05) is 11.6 Å². The number of ether oxygens (including phenoxy) is 1. The average Bonchev–Trinajstić information content (AvgIpc) is 2.07. The molecule has 2 N–H and O–H groups in total. The van der Waals surface area contributed by atoms with Gasteiger partial charge in [-0.25, -0.2) is 4.98 Å². The molecule has 1 aliphatic heterocycles. The molecule has 0 aliphatic carbocycles. The Morgan fingerprint density at radius 2 is 2.50 bits per heavy atom. The van der Waals surface area contributed by atoms with Crippen LogP contribution in [-0.4, -0.2) is 11.6 Å². The third-order valence-corrected chi connectivity index (χ3v) is 2.12. The van der Waals surface area contributed by atoms with Crippen molar-refractivity contribution in [1.29, 1.82) is 0 Å². The molecule has 12 heavy (non-hydrogen) atoms. The highest BCUT2D eigenvalue weighted by Gasteiger charge is 2.18. The molecule has 4 heteroatoms. The van der Waals surface area contributed by atoms with Crippen LogP contribution in [0.15, 0.2) is 12.3 Å². The number of nitrogens with two attached hydrogens (primary N) is 1. The van der Waals surface area contributed by atoms with Crippen LogP contribution in [0.2, 0.25) is 5.02 Å². The van der Waals surface area contributed by atoms with Gasteiger partial charge in [0.1, 0.15) is 0 Å². The zero-order valence-corrected chi connectivity index (χ0v) is 7.21. The van der Waals surface area contributed by atoms with Gasteiger partial charge in [-0.2, -0.15) is 0 Å². The maximum absolute atomic E-state index is 5.84. The van der Waals surface area contributed by atoms with Gasteiger partial charge >= 0.3 is 0 Å². The Balaban J connectivity index is 2.47. The number of pyridine rings is 1. The minimum atomic E-state index is 0.0138. The lowest BCUT2D eigenvalue weighted by Gasteiger charge is -2.21. The van der Waals surface area contributed by atoms with E-state index in [1.807, 2.05) is 6.07 Å². The number of nitrogens with zero attached hydrogens (tertiary/aromatic N) is 1. The van der Waals surface area contributed by atoms with Crippen molar-refractivity contribution < 1.29 is 4.74 Å². The first-order chi connectivity index (χ1) is 5.77. The predicted molar refractivity (Wildman–Crippen MR) is 46.3 cm³/mol. The Bertz CT molecular complexity index is 303. The van der Waals surface area contributed by atoms with Crippen LogP contribution in [0.3, 0.4) is 0 Å². The number of hydrogen-bond acceptors (Lipinski definition) is 3. The Labute approximate surface area is 75.5 Å². The first-order valence-electron chi connectivity index (χ1n) is 3.81. The molecule has 1 aliphatic rings. The SMILES string of the molecule is N[C@H]1CCOc2ncc(Cl)cc21. The summed E-state index contributed by atoms with van der Waals surface area (Å²) in [5.41, 5.74) is 6.75. The van der Waals surface area contributed by atoms with Gasteiger partial charge in [0, 0.05) is 24.2 Å². The van der Waals surface area contributed by atoms with Crippen LogP contribution in [0, 0.1) is 0 Å². The molecule has 0 radical (unpaired) electrons. The zero-order chi connectivity index (χ0) is 8.55. The van der Waals surface area contributed by atoms with Gasteiger partial charge < -0.3 is 10.5 Å². The van der Waals surface area contributed by atoms with Crippen molar-refractivity contribution in [2.45, 2.75) is 12.5 Å². The molecule has 0 saturated heterocycles. The summed E-state index contributed by atoms with van der Waals surface area (Å²) in [4.78, 5) is 4.04. The quantitative estimate of drug-likeness (QED) is 0.665. The Morgan fingerprint density at radius 3 is 3.33 bits per heavy atom. The minimum Gasteiger partial charge on any atom is -0.477 e. The van der Waals surface area contributed by atoms with Crippen LogP contribution in [0.1, 0.15) is 18.0 Å². The van der Waals surface area contributed by atoms with E-state index in [2.05, 4.69) is 4.98 Å². The molecule has 1 aromatic rings. The van der Waals surface area contributed by atoms with Crippen LogP contribution in [0.5, 0.6) is 5.88 Å². The fourth-order valence-electron chi connectivity index (χ4n) is 1.27. The minimum absolute atomic E-state index is 0.0138. The Morgan fingerprint density at radius 1 is 1.67 bits per heavy atom. The maximum Gasteiger partial charge on any atom is 0.218 e. The second-order valence-corrected chi connectivity index (χ2v) is 3.23. The molecule has 3 nitrogen and oxygen atoms in total. The molecule has 64 valence electrons. The van der Waals surface area contributed by atoms with Gasteiger partial charge in [0.15, 0.2) is 0 Å². The van der Waals surface area contributed by atoms with E-state index in [0.29, 0.717) is 17.5 Å². The first kappa shape index (κ1) is 7.83. The van der Waals surface area contributed by atoms with Crippen molar-refractivity contribution in [1.82, 2.24) is 4.98 Å². The van der Waals surface area contributed by atoms with Crippen molar-refractivity contribution in [2.24, 2.45) is 5.73 Å². The molecular weight excluding hydrogens is 176 g/mol. The molecule has 0 amide bonds. The third kappa shape index (κ3) is 1.26. The highest BCUT2D eigenvalue weighted by Crippen LogP contribution is 2.29. The number of hydrogen-bond donors (Lipinski definition) is 1. The smallest absolute Gasteiger partial charge is 0.218 e. The summed E-state index contributed by atoms with van der Waals surface area (Å²) in [6, 6.07) is 1.83. The molecule has 1 atom stereocenters. The van der Waals surface area contributed by atoms with E-state index >= 15 is 0 Å². The average molecular weight is 185 g/mol. The molecule has 1 aromatic heterocycles. The topological polar surface area (TPSA) is 48.1 Å². The summed E-state index contributed by atoms with van der Waals surface area (Å²) < 4.78 is 5.30. The number of aromatic nitrogens is 1. The van der Waals surface area contributed by atoms with Crippen molar-refractivity contribution in [3.05, 3.63) is 22.8 Å². The third-order valence-electron chi connectivity index (χ3n) is 1.91. The highest BCUT2D eigenvalue weighted by atomic mass is 35.5. The van der Waals surface area contributed by atoms with Gasteiger partial charge in [0.25, 0.3) is 0 Å². The molecule has 0 aromatic carbocycles. The summed E-state index contributed by atoms with van der Waals surface area (Å²) in [6.45, 7) is 0.642. The molecule has 2 rings (SSSR count). The van der Waals surface area contributed by atoms with E-state index in [1.54, 1.807) is 6.20 Å². The lowest BCUT2D eigenvalue weighted by molar-refractivity contribution is 0.258. The van der Waals surface area contributed by atoms with Crippen molar-refractivity contribution in [2.75, 3.05) is 6.61 Å². The normalized spacial score (nSPS) is 21.3. The fraction of sp³-hybridized carbons (Fsp3) is 0.375. The number of fused-ring (bicyclic) bond motifs is 1. The van der Waals surface area contributed by atoms with Crippen molar-refractivity contribution in [3.63, 3.8) is 0 Å². The van der Waals surface area contributed by atoms with Crippen LogP contribution >= 0.6 is 11.6 Å². The lowest BCUT2D eigenvalue weighted by atomic mass is 10.1. The van der Waals surface area contributed by atoms with E-state index in [1.165, 1.54) is 0 Å². The molecule has 2 heterocycles. The summed E-state index contributed by atoms with van der Waals surface area (Å²) in [7, 11) is 0. The lowest BCUT2D eigenvalue weighted by Crippen LogP contribution is -2.21. The second-order valence-electron chi connectivity index (χ2n) is 2.79. The van der Waals surface area contributed by atoms with Crippen molar-refractivity contribution >= 4 is 11.6 Å². The van der Waals surface area contributed by atoms with E-state index in [4.69, 9.17) is 22.1 Å². The molecule has 0 fully saturated rings. The Kier molecular flexibility index (Phi) is 1.90. The van der Waals surface area contributed by atoms with E-state index in [-0.39, 0.29) is 6.04 Å². The van der Waals surface area contributed by atoms with Gasteiger partial charge in [-0.15, -0.1) is 0 Å². The standard InChI is InChI=1S/C8H9ClN2O/c9-5-3-6-7(10)1-2-12-8(6)11-4-5/h3-4,7H,1-2,10H2/t7-/m0/s1. The van der Waals surface area contributed by atoms with Crippen LogP contribution in [0.4, 0.5) is 0 Å². The predicted octanol–water partition coefficient (Wildman–Crippen LogP) is 1.52. The largest absolute Gasteiger partial charge is 0.477 e. The molecule has 0 unspecified atom stereocenters. The highest BCUT2D eigenvalue weighted by molar-refractivity contribution is 6.30. The van der Waals surface area contributed by atoms with Crippen LogP contribution in [0.25, 0.3) is 0 Å². The molecule has 0 saturated carbocycles. The van der Waals surface area contributed by atoms with E-state index < -0.39 is 0 Å². The van der Waals surface area contributed by atoms with Gasteiger partial charge in [0.2, 0.25) is 5.88 Å². The summed E-state index contributed by atoms with van der Waals surface area (Å²) >= 11 is 5.77. The van der Waals surface area contributed by atoms with Gasteiger partial charge in [-0.3, -0.25) is 0 Å². The van der Waals surface area contributed by atoms with E-state index in [9.17, 15) is 0 Å². The zero-order valence-electron chi connectivity index (χ0n) is 6.46. The Hall–Kier alpha value is -0.800. The number of rotatable bonds is 0. The van der Waals surface area contributed by atoms with Crippen molar-refractivity contribution in [3.8, 4) is 5.88 Å². The number of halogens is 1. The van der Waals surface area contributed by atoms with Gasteiger partial charge in [-0.05, 0) is 6.07 Å². The molecule has 0 spiro atoms. The van der Waals surface area contributed by atoms with E-state index in [0.717, 1.165) is 12.0 Å². The monoisotopic (exact) mass is 184 g/mol. The summed E-state index contributed by atoms with van der Waals surface area (Å²) in [5, 5.41) is 0.606.